The first-order valence-corrected chi connectivity index (χ1v) is 5.94. The van der Waals surface area contributed by atoms with Crippen LogP contribution in [-0.4, -0.2) is 25.8 Å². The summed E-state index contributed by atoms with van der Waals surface area (Å²) in [6.45, 7) is 0. The number of sulfone groups is 1. The lowest BCUT2D eigenvalue weighted by Crippen LogP contribution is -2.17. The van der Waals surface area contributed by atoms with Gasteiger partial charge in [0.1, 0.15) is 5.38 Å². The number of rotatable bonds is 4. The van der Waals surface area contributed by atoms with Crippen molar-refractivity contribution in [2.75, 3.05) is 5.75 Å². The molecule has 1 aromatic carbocycles. The van der Waals surface area contributed by atoms with E-state index in [1.165, 1.54) is 18.4 Å². The molecular weight excluding hydrogens is 224 g/mol. The largest absolute Gasteiger partial charge is 0.289 e. The van der Waals surface area contributed by atoms with Gasteiger partial charge in [-0.1, -0.05) is 18.2 Å². The normalized spacial score (nSPS) is 13.5. The Morgan fingerprint density at radius 3 is 2.36 bits per heavy atom. The van der Waals surface area contributed by atoms with Crippen LogP contribution in [0.2, 0.25) is 0 Å². The fraction of sp³-hybridized carbons (Fsp3) is 0.222. The lowest BCUT2D eigenvalue weighted by molar-refractivity contribution is 0.552. The summed E-state index contributed by atoms with van der Waals surface area (Å²) in [5, 5.41) is -1.11. The van der Waals surface area contributed by atoms with Crippen LogP contribution in [0.5, 0.6) is 0 Å². The van der Waals surface area contributed by atoms with E-state index >= 15 is 0 Å². The van der Waals surface area contributed by atoms with Crippen LogP contribution in [0.1, 0.15) is 0 Å². The maximum Gasteiger partial charge on any atom is 0.218 e. The lowest BCUT2D eigenvalue weighted by Gasteiger charge is -2.03. The second-order valence-corrected chi connectivity index (χ2v) is 5.24. The standard InChI is InChI=1S/C9H8ClO3S/c10-8(6-11)7-14(12,13)9-4-2-1-3-5-9/h1-5,8H,7H2. The van der Waals surface area contributed by atoms with Crippen LogP contribution in [0.3, 0.4) is 0 Å². The molecule has 1 radical (unpaired) electrons. The van der Waals surface area contributed by atoms with E-state index < -0.39 is 21.0 Å². The summed E-state index contributed by atoms with van der Waals surface area (Å²) in [6.07, 6.45) is 1.43. The first-order chi connectivity index (χ1) is 6.56. The van der Waals surface area contributed by atoms with E-state index in [0.29, 0.717) is 0 Å². The Hall–Kier alpha value is -0.870. The Bertz CT molecular complexity index is 399. The molecule has 1 aromatic rings. The second kappa shape index (κ2) is 4.57. The first-order valence-electron chi connectivity index (χ1n) is 3.86. The maximum atomic E-state index is 11.5. The predicted octanol–water partition coefficient (Wildman–Crippen LogP) is 1.18. The van der Waals surface area contributed by atoms with Crippen LogP contribution in [0.25, 0.3) is 0 Å². The fourth-order valence-corrected chi connectivity index (χ4v) is 2.67. The minimum absolute atomic E-state index is 0.168. The highest BCUT2D eigenvalue weighted by Crippen LogP contribution is 2.12. The molecule has 0 bridgehead atoms. The van der Waals surface area contributed by atoms with Gasteiger partial charge in [-0.15, -0.1) is 11.6 Å². The first kappa shape index (κ1) is 11.2. The van der Waals surface area contributed by atoms with Crippen molar-refractivity contribution in [3.8, 4) is 0 Å². The minimum Gasteiger partial charge on any atom is -0.289 e. The summed E-state index contributed by atoms with van der Waals surface area (Å²) in [4.78, 5) is 10.3. The van der Waals surface area contributed by atoms with Crippen molar-refractivity contribution in [3.63, 3.8) is 0 Å². The highest BCUT2D eigenvalue weighted by atomic mass is 35.5. The summed E-state index contributed by atoms with van der Waals surface area (Å²) in [5.41, 5.74) is 0. The molecule has 0 aliphatic heterocycles. The van der Waals surface area contributed by atoms with Crippen LogP contribution in [0, 0.1) is 0 Å². The molecule has 1 atom stereocenters. The van der Waals surface area contributed by atoms with Gasteiger partial charge in [0.2, 0.25) is 6.29 Å². The molecule has 14 heavy (non-hydrogen) atoms. The van der Waals surface area contributed by atoms with Crippen molar-refractivity contribution in [2.24, 2.45) is 0 Å². The molecule has 0 saturated carbocycles. The molecule has 5 heteroatoms. The molecule has 75 valence electrons. The summed E-state index contributed by atoms with van der Waals surface area (Å²) < 4.78 is 23.1. The number of halogens is 1. The van der Waals surface area contributed by atoms with Gasteiger partial charge in [-0.2, -0.15) is 0 Å². The zero-order chi connectivity index (χ0) is 10.6. The van der Waals surface area contributed by atoms with Gasteiger partial charge < -0.3 is 0 Å². The van der Waals surface area contributed by atoms with E-state index in [1.807, 2.05) is 0 Å². The lowest BCUT2D eigenvalue weighted by atomic mass is 10.4. The van der Waals surface area contributed by atoms with E-state index in [-0.39, 0.29) is 4.90 Å². The molecular formula is C9H8ClO3S. The Morgan fingerprint density at radius 2 is 1.86 bits per heavy atom. The number of carbonyl (C=O) groups excluding carboxylic acids is 1. The predicted molar refractivity (Wildman–Crippen MR) is 53.8 cm³/mol. The van der Waals surface area contributed by atoms with Gasteiger partial charge >= 0.3 is 0 Å². The van der Waals surface area contributed by atoms with E-state index in [9.17, 15) is 13.2 Å². The van der Waals surface area contributed by atoms with Gasteiger partial charge in [0, 0.05) is 0 Å². The highest BCUT2D eigenvalue weighted by Gasteiger charge is 2.19. The molecule has 0 aromatic heterocycles. The highest BCUT2D eigenvalue weighted by molar-refractivity contribution is 7.91. The molecule has 1 unspecified atom stereocenters. The summed E-state index contributed by atoms with van der Waals surface area (Å²) in [7, 11) is -3.47. The molecule has 0 aliphatic carbocycles. The van der Waals surface area contributed by atoms with E-state index in [1.54, 1.807) is 18.2 Å². The van der Waals surface area contributed by atoms with Crippen molar-refractivity contribution < 1.29 is 13.2 Å². The van der Waals surface area contributed by atoms with Gasteiger partial charge in [0.25, 0.3) is 0 Å². The van der Waals surface area contributed by atoms with Crippen LogP contribution in [0.15, 0.2) is 35.2 Å². The number of hydrogen-bond donors (Lipinski definition) is 0. The molecule has 0 spiro atoms. The molecule has 0 heterocycles. The SMILES string of the molecule is O=[C]C(Cl)CS(=O)(=O)c1ccccc1. The third kappa shape index (κ3) is 2.82. The van der Waals surface area contributed by atoms with Crippen LogP contribution >= 0.6 is 11.6 Å². The Morgan fingerprint density at radius 1 is 1.29 bits per heavy atom. The van der Waals surface area contributed by atoms with Crippen molar-refractivity contribution in [1.29, 1.82) is 0 Å². The van der Waals surface area contributed by atoms with Gasteiger partial charge in [0.15, 0.2) is 9.84 Å². The topological polar surface area (TPSA) is 51.2 Å². The van der Waals surface area contributed by atoms with Crippen LogP contribution in [-0.2, 0) is 14.6 Å². The van der Waals surface area contributed by atoms with Gasteiger partial charge in [-0.05, 0) is 12.1 Å². The van der Waals surface area contributed by atoms with Crippen molar-refractivity contribution in [1.82, 2.24) is 0 Å². The maximum absolute atomic E-state index is 11.5. The van der Waals surface area contributed by atoms with E-state index in [0.717, 1.165) is 0 Å². The summed E-state index contributed by atoms with van der Waals surface area (Å²) >= 11 is 5.40. The zero-order valence-corrected chi connectivity index (χ0v) is 8.75. The monoisotopic (exact) mass is 231 g/mol. The van der Waals surface area contributed by atoms with Gasteiger partial charge in [-0.25, -0.2) is 8.42 Å². The van der Waals surface area contributed by atoms with Crippen LogP contribution in [0.4, 0.5) is 0 Å². The molecule has 3 nitrogen and oxygen atoms in total. The van der Waals surface area contributed by atoms with E-state index in [2.05, 4.69) is 0 Å². The molecule has 0 fully saturated rings. The molecule has 0 aliphatic rings. The molecule has 0 N–H and O–H groups in total. The second-order valence-electron chi connectivity index (χ2n) is 2.68. The van der Waals surface area contributed by atoms with Crippen LogP contribution < -0.4 is 0 Å². The molecule has 0 saturated heterocycles. The van der Waals surface area contributed by atoms with Crippen molar-refractivity contribution in [3.05, 3.63) is 30.3 Å². The fourth-order valence-electron chi connectivity index (χ4n) is 0.951. The minimum atomic E-state index is -3.47. The summed E-state index contributed by atoms with van der Waals surface area (Å²) in [6, 6.07) is 7.86. The Labute approximate surface area is 87.6 Å². The zero-order valence-electron chi connectivity index (χ0n) is 7.18. The van der Waals surface area contributed by atoms with Crippen molar-refractivity contribution in [2.45, 2.75) is 10.3 Å². The number of hydrogen-bond acceptors (Lipinski definition) is 3. The molecule has 1 rings (SSSR count). The molecule has 0 amide bonds. The quantitative estimate of drug-likeness (QED) is 0.732. The number of benzene rings is 1. The average Bonchev–Trinajstić information content (AvgIpc) is 2.18. The Balaban J connectivity index is 2.92. The Kier molecular flexibility index (Phi) is 3.66. The van der Waals surface area contributed by atoms with E-state index in [4.69, 9.17) is 11.6 Å². The van der Waals surface area contributed by atoms with Gasteiger partial charge in [0.05, 0.1) is 10.6 Å². The average molecular weight is 232 g/mol. The smallest absolute Gasteiger partial charge is 0.218 e. The summed E-state index contributed by atoms with van der Waals surface area (Å²) in [5.74, 6) is -0.415. The van der Waals surface area contributed by atoms with Crippen molar-refractivity contribution >= 4 is 27.7 Å². The number of alkyl halides is 1. The third-order valence-electron chi connectivity index (χ3n) is 1.60. The van der Waals surface area contributed by atoms with Gasteiger partial charge in [-0.3, -0.25) is 4.79 Å². The third-order valence-corrected chi connectivity index (χ3v) is 3.78.